The normalized spacial score (nSPS) is 14.8. The van der Waals surface area contributed by atoms with Gasteiger partial charge in [-0.3, -0.25) is 9.59 Å². The van der Waals surface area contributed by atoms with Gasteiger partial charge in [0.05, 0.1) is 6.61 Å². The molecule has 2 aromatic rings. The Labute approximate surface area is 163 Å². The molecular weight excluding hydrogens is 360 g/mol. The lowest BCUT2D eigenvalue weighted by Crippen LogP contribution is -2.44. The molecule has 3 rings (SSSR count). The van der Waals surface area contributed by atoms with Gasteiger partial charge in [-0.25, -0.2) is 4.79 Å². The van der Waals surface area contributed by atoms with Crippen molar-refractivity contribution >= 4 is 11.8 Å². The van der Waals surface area contributed by atoms with E-state index in [1.807, 2.05) is 37.3 Å². The Morgan fingerprint density at radius 2 is 1.86 bits per heavy atom. The summed E-state index contributed by atoms with van der Waals surface area (Å²) in [6, 6.07) is 9.62. The standard InChI is InChI=1S/C21H26N2O5/c1-2-3-13-27-21(26)23-11-9-16(10-12-23)28-20-17(18(24)19(20)25)22-14-15-7-5-4-6-8-15/h4-8,16,22H,2-3,9-14H2,1H3. The Balaban J connectivity index is 1.50. The molecule has 7 nitrogen and oxygen atoms in total. The van der Waals surface area contributed by atoms with E-state index in [0.29, 0.717) is 39.1 Å². The second-order valence-electron chi connectivity index (χ2n) is 6.97. The number of amides is 1. The van der Waals surface area contributed by atoms with Crippen LogP contribution in [0.3, 0.4) is 0 Å². The number of nitrogens with one attached hydrogen (secondary N) is 1. The van der Waals surface area contributed by atoms with Gasteiger partial charge in [0.2, 0.25) is 0 Å². The lowest BCUT2D eigenvalue weighted by molar-refractivity contribution is 0.0665. The summed E-state index contributed by atoms with van der Waals surface area (Å²) in [6.45, 7) is 3.95. The monoisotopic (exact) mass is 386 g/mol. The van der Waals surface area contributed by atoms with E-state index in [4.69, 9.17) is 9.47 Å². The maximum absolute atomic E-state index is 12.0. The van der Waals surface area contributed by atoms with Crippen LogP contribution in [0, 0.1) is 0 Å². The molecular formula is C21H26N2O5. The van der Waals surface area contributed by atoms with Gasteiger partial charge in [0, 0.05) is 32.5 Å². The number of hydrogen-bond donors (Lipinski definition) is 1. The van der Waals surface area contributed by atoms with Crippen molar-refractivity contribution < 1.29 is 14.3 Å². The Morgan fingerprint density at radius 3 is 2.54 bits per heavy atom. The third-order valence-electron chi connectivity index (χ3n) is 4.89. The molecule has 1 aliphatic heterocycles. The number of nitrogens with zero attached hydrogens (tertiary/aromatic N) is 1. The van der Waals surface area contributed by atoms with Gasteiger partial charge in [-0.2, -0.15) is 0 Å². The Kier molecular flexibility index (Phi) is 6.68. The third-order valence-corrected chi connectivity index (χ3v) is 4.89. The van der Waals surface area contributed by atoms with E-state index in [9.17, 15) is 14.4 Å². The Morgan fingerprint density at radius 1 is 1.14 bits per heavy atom. The van der Waals surface area contributed by atoms with E-state index >= 15 is 0 Å². The van der Waals surface area contributed by atoms with Crippen LogP contribution >= 0.6 is 0 Å². The van der Waals surface area contributed by atoms with Gasteiger partial charge in [-0.15, -0.1) is 0 Å². The fourth-order valence-corrected chi connectivity index (χ4v) is 3.15. The van der Waals surface area contributed by atoms with Crippen molar-refractivity contribution in [3.05, 3.63) is 56.3 Å². The molecule has 150 valence electrons. The van der Waals surface area contributed by atoms with Gasteiger partial charge in [0.1, 0.15) is 11.8 Å². The zero-order chi connectivity index (χ0) is 19.9. The predicted octanol–water partition coefficient (Wildman–Crippen LogP) is 2.67. The number of likely N-dealkylation sites (tertiary alicyclic amines) is 1. The van der Waals surface area contributed by atoms with Gasteiger partial charge in [0.15, 0.2) is 5.75 Å². The molecule has 1 heterocycles. The summed E-state index contributed by atoms with van der Waals surface area (Å²) < 4.78 is 11.0. The molecule has 0 aromatic heterocycles. The quantitative estimate of drug-likeness (QED) is 0.555. The van der Waals surface area contributed by atoms with Crippen LogP contribution in [-0.4, -0.2) is 36.8 Å². The molecule has 0 atom stereocenters. The van der Waals surface area contributed by atoms with Crippen molar-refractivity contribution in [3.63, 3.8) is 0 Å². The second-order valence-corrected chi connectivity index (χ2v) is 6.97. The van der Waals surface area contributed by atoms with E-state index in [-0.39, 0.29) is 23.6 Å². The molecule has 7 heteroatoms. The van der Waals surface area contributed by atoms with Crippen LogP contribution < -0.4 is 20.9 Å². The van der Waals surface area contributed by atoms with E-state index in [1.165, 1.54) is 0 Å². The van der Waals surface area contributed by atoms with Crippen LogP contribution in [-0.2, 0) is 11.3 Å². The molecule has 0 saturated carbocycles. The fraction of sp³-hybridized carbons (Fsp3) is 0.476. The summed E-state index contributed by atoms with van der Waals surface area (Å²) in [7, 11) is 0. The van der Waals surface area contributed by atoms with Gasteiger partial charge < -0.3 is 19.7 Å². The molecule has 1 aliphatic rings. The van der Waals surface area contributed by atoms with Crippen LogP contribution in [0.4, 0.5) is 10.5 Å². The molecule has 1 N–H and O–H groups in total. The maximum atomic E-state index is 12.0. The van der Waals surface area contributed by atoms with Crippen molar-refractivity contribution in [3.8, 4) is 5.75 Å². The minimum Gasteiger partial charge on any atom is -0.484 e. The minimum absolute atomic E-state index is 0.116. The zero-order valence-electron chi connectivity index (χ0n) is 16.1. The average Bonchev–Trinajstić information content (AvgIpc) is 2.74. The van der Waals surface area contributed by atoms with Crippen LogP contribution in [0.25, 0.3) is 0 Å². The summed E-state index contributed by atoms with van der Waals surface area (Å²) in [4.78, 5) is 37.4. The maximum Gasteiger partial charge on any atom is 0.409 e. The number of hydrogen-bond acceptors (Lipinski definition) is 6. The molecule has 0 spiro atoms. The molecule has 2 aromatic carbocycles. The highest BCUT2D eigenvalue weighted by atomic mass is 16.6. The Bertz CT molecular complexity index is 849. The molecule has 0 bridgehead atoms. The van der Waals surface area contributed by atoms with Crippen molar-refractivity contribution in [1.29, 1.82) is 0 Å². The van der Waals surface area contributed by atoms with Crippen molar-refractivity contribution in [2.24, 2.45) is 0 Å². The number of carbonyl (C=O) groups excluding carboxylic acids is 1. The molecule has 1 fully saturated rings. The summed E-state index contributed by atoms with van der Waals surface area (Å²) in [6.07, 6.45) is 2.53. The average molecular weight is 386 g/mol. The number of benzene rings is 1. The number of carbonyl (C=O) groups is 1. The van der Waals surface area contributed by atoms with Crippen molar-refractivity contribution in [1.82, 2.24) is 4.90 Å². The van der Waals surface area contributed by atoms with E-state index in [1.54, 1.807) is 4.90 Å². The van der Waals surface area contributed by atoms with Crippen LogP contribution in [0.5, 0.6) is 5.75 Å². The number of ether oxygens (including phenoxy) is 2. The molecule has 0 unspecified atom stereocenters. The highest BCUT2D eigenvalue weighted by Gasteiger charge is 2.29. The predicted molar refractivity (Wildman–Crippen MR) is 107 cm³/mol. The first-order valence-electron chi connectivity index (χ1n) is 9.79. The lowest BCUT2D eigenvalue weighted by atomic mass is 10.1. The van der Waals surface area contributed by atoms with E-state index in [2.05, 4.69) is 5.32 Å². The highest BCUT2D eigenvalue weighted by Crippen LogP contribution is 2.23. The van der Waals surface area contributed by atoms with Gasteiger partial charge in [-0.05, 0) is 12.0 Å². The summed E-state index contributed by atoms with van der Waals surface area (Å²) in [5, 5.41) is 3.01. The molecule has 1 saturated heterocycles. The number of anilines is 1. The zero-order valence-corrected chi connectivity index (χ0v) is 16.1. The van der Waals surface area contributed by atoms with Crippen molar-refractivity contribution in [2.75, 3.05) is 25.0 Å². The summed E-state index contributed by atoms with van der Waals surface area (Å²) in [5.41, 5.74) is 0.131. The third kappa shape index (κ3) is 4.71. The first kappa shape index (κ1) is 19.9. The number of unbranched alkanes of at least 4 members (excludes halogenated alkanes) is 1. The van der Waals surface area contributed by atoms with Crippen LogP contribution in [0.1, 0.15) is 38.2 Å². The Hall–Kier alpha value is -2.83. The summed E-state index contributed by atoms with van der Waals surface area (Å²) >= 11 is 0. The summed E-state index contributed by atoms with van der Waals surface area (Å²) in [5.74, 6) is 0.116. The fourth-order valence-electron chi connectivity index (χ4n) is 3.15. The molecule has 0 radical (unpaired) electrons. The molecule has 0 aliphatic carbocycles. The largest absolute Gasteiger partial charge is 0.484 e. The smallest absolute Gasteiger partial charge is 0.409 e. The van der Waals surface area contributed by atoms with Crippen LogP contribution in [0.15, 0.2) is 39.9 Å². The minimum atomic E-state index is -0.586. The van der Waals surface area contributed by atoms with Gasteiger partial charge in [0.25, 0.3) is 10.9 Å². The van der Waals surface area contributed by atoms with E-state index in [0.717, 1.165) is 18.4 Å². The SMILES string of the molecule is CCCCOC(=O)N1CCC(Oc2c(NCc3ccccc3)c(=O)c2=O)CC1. The first-order valence-corrected chi connectivity index (χ1v) is 9.79. The highest BCUT2D eigenvalue weighted by molar-refractivity contribution is 5.67. The van der Waals surface area contributed by atoms with Gasteiger partial charge in [-0.1, -0.05) is 43.7 Å². The lowest BCUT2D eigenvalue weighted by Gasteiger charge is -2.32. The molecule has 28 heavy (non-hydrogen) atoms. The first-order chi connectivity index (χ1) is 13.6. The van der Waals surface area contributed by atoms with Crippen LogP contribution in [0.2, 0.25) is 0 Å². The number of rotatable bonds is 8. The van der Waals surface area contributed by atoms with Gasteiger partial charge >= 0.3 is 6.09 Å². The van der Waals surface area contributed by atoms with Crippen molar-refractivity contribution in [2.45, 2.75) is 45.3 Å². The molecule has 1 amide bonds. The van der Waals surface area contributed by atoms with E-state index < -0.39 is 10.9 Å². The second kappa shape index (κ2) is 9.39. The number of piperidine rings is 1. The topological polar surface area (TPSA) is 84.9 Å².